The Morgan fingerprint density at radius 3 is 2.55 bits per heavy atom. The molecule has 1 nitrogen and oxygen atoms in total. The van der Waals surface area contributed by atoms with Crippen LogP contribution in [0.1, 0.15) is 35.8 Å². The molecule has 0 aromatic heterocycles. The van der Waals surface area contributed by atoms with Gasteiger partial charge in [-0.05, 0) is 82.4 Å². The number of fused-ring (bicyclic) bond motifs is 14. The van der Waals surface area contributed by atoms with Gasteiger partial charge in [0.25, 0.3) is 0 Å². The molecule has 0 amide bonds. The van der Waals surface area contributed by atoms with Crippen molar-refractivity contribution in [1.82, 2.24) is 0 Å². The van der Waals surface area contributed by atoms with E-state index < -0.39 is 0 Å². The fraction of sp³-hybridized carbons (Fsp3) is 0.429. The molecule has 4 aliphatic rings. The van der Waals surface area contributed by atoms with Crippen molar-refractivity contribution in [2.24, 2.45) is 23.7 Å². The Kier molecular flexibility index (Phi) is 2.01. The lowest BCUT2D eigenvalue weighted by Crippen LogP contribution is -2.25. The molecule has 6 unspecified atom stereocenters. The van der Waals surface area contributed by atoms with Gasteiger partial charge in [-0.3, -0.25) is 0 Å². The molecule has 0 N–H and O–H groups in total. The quantitative estimate of drug-likeness (QED) is 0.537. The minimum absolute atomic E-state index is 0.807. The summed E-state index contributed by atoms with van der Waals surface area (Å²) in [6.45, 7) is 0. The van der Waals surface area contributed by atoms with Crippen LogP contribution in [-0.4, -0.2) is 7.11 Å². The molecule has 0 spiro atoms. The van der Waals surface area contributed by atoms with Crippen molar-refractivity contribution in [3.63, 3.8) is 0 Å². The topological polar surface area (TPSA) is 9.23 Å². The van der Waals surface area contributed by atoms with E-state index >= 15 is 0 Å². The molecule has 2 saturated carbocycles. The molecule has 2 aromatic carbocycles. The zero-order chi connectivity index (χ0) is 14.4. The second kappa shape index (κ2) is 3.76. The minimum Gasteiger partial charge on any atom is -0.497 e. The Labute approximate surface area is 131 Å². The van der Waals surface area contributed by atoms with Gasteiger partial charge in [0.2, 0.25) is 0 Å². The number of benzene rings is 2. The molecule has 22 heavy (non-hydrogen) atoms. The van der Waals surface area contributed by atoms with Crippen LogP contribution < -0.4 is 4.74 Å². The molecule has 1 heteroatoms. The molecule has 2 fully saturated rings. The summed E-state index contributed by atoms with van der Waals surface area (Å²) in [4.78, 5) is 0. The van der Waals surface area contributed by atoms with Gasteiger partial charge >= 0.3 is 0 Å². The Bertz CT molecular complexity index is 833. The standard InChI is InChI=1S/C21H20O/c1-22-14-5-7-15-11(9-14)4-6-16-17-10-18(21(15)16)20-13-3-2-12(8-13)19(17)20/h2-7,9,12-13,17-20H,8,10H2,1H3. The lowest BCUT2D eigenvalue weighted by Gasteiger charge is -2.34. The van der Waals surface area contributed by atoms with Crippen LogP contribution in [0.5, 0.6) is 5.75 Å². The van der Waals surface area contributed by atoms with E-state index in [1.807, 2.05) is 0 Å². The van der Waals surface area contributed by atoms with Crippen LogP contribution in [0.25, 0.3) is 10.8 Å². The van der Waals surface area contributed by atoms with Crippen LogP contribution in [0, 0.1) is 23.7 Å². The molecule has 4 bridgehead atoms. The Morgan fingerprint density at radius 1 is 0.909 bits per heavy atom. The van der Waals surface area contributed by atoms with Crippen molar-refractivity contribution in [3.05, 3.63) is 53.6 Å². The summed E-state index contributed by atoms with van der Waals surface area (Å²) in [5.74, 6) is 6.23. The van der Waals surface area contributed by atoms with E-state index in [9.17, 15) is 0 Å². The molecular formula is C21H20O. The first kappa shape index (κ1) is 11.8. The smallest absolute Gasteiger partial charge is 0.119 e. The molecule has 6 rings (SSSR count). The third kappa shape index (κ3) is 1.20. The number of methoxy groups -OCH3 is 1. The summed E-state index contributed by atoms with van der Waals surface area (Å²) < 4.78 is 5.40. The molecule has 4 aliphatic carbocycles. The lowest BCUT2D eigenvalue weighted by atomic mass is 9.70. The summed E-state index contributed by atoms with van der Waals surface area (Å²) in [6, 6.07) is 11.4. The second-order valence-corrected chi connectivity index (χ2v) is 7.71. The number of ether oxygens (including phenoxy) is 1. The minimum atomic E-state index is 0.807. The highest BCUT2D eigenvalue weighted by Gasteiger charge is 2.60. The predicted molar refractivity (Wildman–Crippen MR) is 88.3 cm³/mol. The lowest BCUT2D eigenvalue weighted by molar-refractivity contribution is 0.306. The van der Waals surface area contributed by atoms with Crippen LogP contribution in [0.15, 0.2) is 42.5 Å². The van der Waals surface area contributed by atoms with Gasteiger partial charge in [-0.15, -0.1) is 0 Å². The van der Waals surface area contributed by atoms with Gasteiger partial charge in [-0.25, -0.2) is 0 Å². The van der Waals surface area contributed by atoms with Crippen LogP contribution in [-0.2, 0) is 0 Å². The number of allylic oxidation sites excluding steroid dienone is 2. The third-order valence-corrected chi connectivity index (χ3v) is 7.09. The molecular weight excluding hydrogens is 268 g/mol. The average Bonchev–Trinajstić information content (AvgIpc) is 3.31. The van der Waals surface area contributed by atoms with Gasteiger partial charge in [0.05, 0.1) is 7.11 Å². The molecule has 6 atom stereocenters. The number of hydrogen-bond donors (Lipinski definition) is 0. The summed E-state index contributed by atoms with van der Waals surface area (Å²) in [7, 11) is 1.75. The fourth-order valence-corrected chi connectivity index (χ4v) is 6.48. The first-order chi connectivity index (χ1) is 10.8. The molecule has 0 radical (unpaired) electrons. The monoisotopic (exact) mass is 288 g/mol. The van der Waals surface area contributed by atoms with Crippen LogP contribution >= 0.6 is 0 Å². The highest BCUT2D eigenvalue weighted by molar-refractivity contribution is 5.89. The Balaban J connectivity index is 1.58. The summed E-state index contributed by atoms with van der Waals surface area (Å²) in [6.07, 6.45) is 7.89. The van der Waals surface area contributed by atoms with Crippen molar-refractivity contribution in [2.45, 2.75) is 24.7 Å². The van der Waals surface area contributed by atoms with E-state index in [1.54, 1.807) is 18.2 Å². The van der Waals surface area contributed by atoms with Crippen molar-refractivity contribution >= 4 is 10.8 Å². The highest BCUT2D eigenvalue weighted by Crippen LogP contribution is 2.70. The van der Waals surface area contributed by atoms with E-state index in [-0.39, 0.29) is 0 Å². The average molecular weight is 288 g/mol. The third-order valence-electron chi connectivity index (χ3n) is 7.09. The van der Waals surface area contributed by atoms with E-state index in [1.165, 1.54) is 23.6 Å². The second-order valence-electron chi connectivity index (χ2n) is 7.71. The summed E-state index contributed by atoms with van der Waals surface area (Å²) >= 11 is 0. The Morgan fingerprint density at radius 2 is 1.73 bits per heavy atom. The Hall–Kier alpha value is -1.76. The van der Waals surface area contributed by atoms with Crippen molar-refractivity contribution in [3.8, 4) is 5.75 Å². The van der Waals surface area contributed by atoms with E-state index in [0.29, 0.717) is 0 Å². The molecule has 2 aromatic rings. The van der Waals surface area contributed by atoms with Crippen molar-refractivity contribution < 1.29 is 4.74 Å². The maximum atomic E-state index is 5.40. The largest absolute Gasteiger partial charge is 0.497 e. The van der Waals surface area contributed by atoms with Crippen LogP contribution in [0.4, 0.5) is 0 Å². The number of hydrogen-bond acceptors (Lipinski definition) is 1. The zero-order valence-corrected chi connectivity index (χ0v) is 12.8. The van der Waals surface area contributed by atoms with Crippen LogP contribution in [0.3, 0.4) is 0 Å². The predicted octanol–water partition coefficient (Wildman–Crippen LogP) is 4.87. The summed E-state index contributed by atoms with van der Waals surface area (Å²) in [5, 5.41) is 2.83. The van der Waals surface area contributed by atoms with Gasteiger partial charge in [0.15, 0.2) is 0 Å². The highest BCUT2D eigenvalue weighted by atomic mass is 16.5. The number of rotatable bonds is 1. The SMILES string of the molecule is COc1ccc2c3c(ccc2c1)C1CC3C2C3C=CC(C3)C12. The van der Waals surface area contributed by atoms with E-state index in [0.717, 1.165) is 41.3 Å². The van der Waals surface area contributed by atoms with Gasteiger partial charge in [0, 0.05) is 0 Å². The zero-order valence-electron chi connectivity index (χ0n) is 12.8. The molecule has 0 saturated heterocycles. The van der Waals surface area contributed by atoms with Gasteiger partial charge < -0.3 is 4.74 Å². The van der Waals surface area contributed by atoms with Crippen molar-refractivity contribution in [1.29, 1.82) is 0 Å². The van der Waals surface area contributed by atoms with Crippen molar-refractivity contribution in [2.75, 3.05) is 7.11 Å². The van der Waals surface area contributed by atoms with E-state index in [4.69, 9.17) is 4.74 Å². The normalized spacial score (nSPS) is 39.5. The first-order valence-electron chi connectivity index (χ1n) is 8.64. The maximum absolute atomic E-state index is 5.40. The van der Waals surface area contributed by atoms with Gasteiger partial charge in [-0.2, -0.15) is 0 Å². The first-order valence-corrected chi connectivity index (χ1v) is 8.64. The molecule has 0 heterocycles. The molecule has 0 aliphatic heterocycles. The fourth-order valence-electron chi connectivity index (χ4n) is 6.48. The van der Waals surface area contributed by atoms with Gasteiger partial charge in [0.1, 0.15) is 5.75 Å². The van der Waals surface area contributed by atoms with E-state index in [2.05, 4.69) is 42.5 Å². The van der Waals surface area contributed by atoms with Crippen LogP contribution in [0.2, 0.25) is 0 Å². The van der Waals surface area contributed by atoms with Gasteiger partial charge in [-0.1, -0.05) is 30.4 Å². The molecule has 110 valence electrons. The summed E-state index contributed by atoms with van der Waals surface area (Å²) in [5.41, 5.74) is 3.36. The maximum Gasteiger partial charge on any atom is 0.119 e.